The molecule has 1 aromatic rings. The van der Waals surface area contributed by atoms with Crippen LogP contribution < -0.4 is 5.32 Å². The molecule has 1 atom stereocenters. The van der Waals surface area contributed by atoms with Crippen LogP contribution in [-0.4, -0.2) is 35.0 Å². The SMILES string of the molecule is CC(=O)C1=C(C)NC(C)=C(C(=O)OCCO)C1c1cccc([N+](=O)[O-])c1. The number of allylic oxidation sites excluding steroid dienone is 3. The van der Waals surface area contributed by atoms with Crippen LogP contribution in [0.5, 0.6) is 0 Å². The maximum atomic E-state index is 12.5. The fraction of sp³-hybridized carbons (Fsp3) is 0.333. The van der Waals surface area contributed by atoms with Crippen LogP contribution in [0, 0.1) is 10.1 Å². The summed E-state index contributed by atoms with van der Waals surface area (Å²) in [6, 6.07) is 5.83. The number of hydrogen-bond acceptors (Lipinski definition) is 7. The highest BCUT2D eigenvalue weighted by atomic mass is 16.6. The zero-order valence-electron chi connectivity index (χ0n) is 14.7. The van der Waals surface area contributed by atoms with Crippen molar-refractivity contribution in [3.63, 3.8) is 0 Å². The Balaban J connectivity index is 2.64. The predicted molar refractivity (Wildman–Crippen MR) is 93.1 cm³/mol. The Bertz CT molecular complexity index is 825. The molecule has 1 unspecified atom stereocenters. The van der Waals surface area contributed by atoms with E-state index in [1.807, 2.05) is 0 Å². The molecule has 1 aliphatic heterocycles. The number of hydrogen-bond donors (Lipinski definition) is 2. The standard InChI is InChI=1S/C18H20N2O6/c1-10-15(12(3)22)17(13-5-4-6-14(9-13)20(24)25)16(11(2)19-10)18(23)26-8-7-21/h4-6,9,17,19,21H,7-8H2,1-3H3. The third kappa shape index (κ3) is 3.80. The van der Waals surface area contributed by atoms with Gasteiger partial charge in [-0.3, -0.25) is 14.9 Å². The Morgan fingerprint density at radius 3 is 2.50 bits per heavy atom. The van der Waals surface area contributed by atoms with Crippen molar-refractivity contribution in [3.05, 3.63) is 62.5 Å². The number of aliphatic hydroxyl groups is 1. The topological polar surface area (TPSA) is 119 Å². The van der Waals surface area contributed by atoms with E-state index in [4.69, 9.17) is 9.84 Å². The van der Waals surface area contributed by atoms with Crippen molar-refractivity contribution in [2.45, 2.75) is 26.7 Å². The van der Waals surface area contributed by atoms with Gasteiger partial charge in [0.05, 0.1) is 17.1 Å². The van der Waals surface area contributed by atoms with Gasteiger partial charge < -0.3 is 15.2 Å². The molecular weight excluding hydrogens is 340 g/mol. The van der Waals surface area contributed by atoms with Gasteiger partial charge in [0.1, 0.15) is 6.61 Å². The minimum absolute atomic E-state index is 0.137. The molecule has 26 heavy (non-hydrogen) atoms. The molecule has 0 radical (unpaired) electrons. The average molecular weight is 360 g/mol. The third-order valence-corrected chi connectivity index (χ3v) is 4.10. The average Bonchev–Trinajstić information content (AvgIpc) is 2.58. The summed E-state index contributed by atoms with van der Waals surface area (Å²) in [4.78, 5) is 35.4. The second kappa shape index (κ2) is 7.92. The quantitative estimate of drug-likeness (QED) is 0.452. The van der Waals surface area contributed by atoms with E-state index in [0.29, 0.717) is 22.5 Å². The van der Waals surface area contributed by atoms with Crippen LogP contribution in [0.25, 0.3) is 0 Å². The van der Waals surface area contributed by atoms with Crippen LogP contribution in [0.15, 0.2) is 46.8 Å². The molecular formula is C18H20N2O6. The summed E-state index contributed by atoms with van der Waals surface area (Å²) in [6.07, 6.45) is 0. The highest BCUT2D eigenvalue weighted by molar-refractivity contribution is 6.02. The number of benzene rings is 1. The summed E-state index contributed by atoms with van der Waals surface area (Å²) < 4.78 is 5.04. The lowest BCUT2D eigenvalue weighted by atomic mass is 9.79. The molecule has 2 rings (SSSR count). The molecule has 0 aliphatic carbocycles. The number of ether oxygens (including phenoxy) is 1. The maximum Gasteiger partial charge on any atom is 0.336 e. The van der Waals surface area contributed by atoms with Crippen molar-refractivity contribution in [1.29, 1.82) is 0 Å². The summed E-state index contributed by atoms with van der Waals surface area (Å²) in [7, 11) is 0. The Hall–Kier alpha value is -3.00. The Labute approximate surface area is 150 Å². The summed E-state index contributed by atoms with van der Waals surface area (Å²) in [5, 5.41) is 23.0. The van der Waals surface area contributed by atoms with Gasteiger partial charge in [-0.25, -0.2) is 4.79 Å². The van der Waals surface area contributed by atoms with Crippen molar-refractivity contribution in [3.8, 4) is 0 Å². The number of nitrogens with one attached hydrogen (secondary N) is 1. The molecule has 8 heteroatoms. The molecule has 1 heterocycles. The third-order valence-electron chi connectivity index (χ3n) is 4.10. The van der Waals surface area contributed by atoms with Gasteiger partial charge >= 0.3 is 5.97 Å². The fourth-order valence-electron chi connectivity index (χ4n) is 3.10. The van der Waals surface area contributed by atoms with Gasteiger partial charge in [0, 0.05) is 35.0 Å². The number of carbonyl (C=O) groups excluding carboxylic acids is 2. The Morgan fingerprint density at radius 2 is 1.92 bits per heavy atom. The summed E-state index contributed by atoms with van der Waals surface area (Å²) >= 11 is 0. The monoisotopic (exact) mass is 360 g/mol. The lowest BCUT2D eigenvalue weighted by Gasteiger charge is -2.30. The second-order valence-electron chi connectivity index (χ2n) is 5.90. The maximum absolute atomic E-state index is 12.5. The molecule has 1 aliphatic rings. The van der Waals surface area contributed by atoms with E-state index in [0.717, 1.165) is 0 Å². The molecule has 0 bridgehead atoms. The number of non-ortho nitro benzene ring substituents is 1. The number of nitro groups is 1. The number of nitrogens with zero attached hydrogens (tertiary/aromatic N) is 1. The number of esters is 1. The molecule has 0 saturated heterocycles. The van der Waals surface area contributed by atoms with Gasteiger partial charge in [-0.05, 0) is 26.3 Å². The Morgan fingerprint density at radius 1 is 1.27 bits per heavy atom. The molecule has 0 spiro atoms. The van der Waals surface area contributed by atoms with Crippen LogP contribution in [0.4, 0.5) is 5.69 Å². The van der Waals surface area contributed by atoms with E-state index in [1.54, 1.807) is 19.9 Å². The number of rotatable bonds is 6. The first kappa shape index (κ1) is 19.3. The van der Waals surface area contributed by atoms with Crippen LogP contribution in [0.2, 0.25) is 0 Å². The minimum Gasteiger partial charge on any atom is -0.460 e. The van der Waals surface area contributed by atoms with Crippen molar-refractivity contribution >= 4 is 17.4 Å². The molecule has 8 nitrogen and oxygen atoms in total. The first-order valence-electron chi connectivity index (χ1n) is 7.99. The number of carbonyl (C=O) groups is 2. The lowest BCUT2D eigenvalue weighted by Crippen LogP contribution is -2.31. The molecule has 0 aromatic heterocycles. The minimum atomic E-state index is -0.792. The van der Waals surface area contributed by atoms with Gasteiger partial charge in [0.2, 0.25) is 0 Å². The molecule has 0 amide bonds. The van der Waals surface area contributed by atoms with E-state index in [2.05, 4.69) is 5.32 Å². The molecule has 0 saturated carbocycles. The van der Waals surface area contributed by atoms with Gasteiger partial charge in [0.25, 0.3) is 5.69 Å². The molecule has 138 valence electrons. The van der Waals surface area contributed by atoms with Crippen LogP contribution in [-0.2, 0) is 14.3 Å². The normalized spacial score (nSPS) is 17.0. The number of ketones is 1. The van der Waals surface area contributed by atoms with Crippen molar-refractivity contribution in [1.82, 2.24) is 5.32 Å². The van der Waals surface area contributed by atoms with Gasteiger partial charge in [0.15, 0.2) is 5.78 Å². The molecule has 1 aromatic carbocycles. The first-order valence-corrected chi connectivity index (χ1v) is 7.99. The number of aliphatic hydroxyl groups excluding tert-OH is 1. The van der Waals surface area contributed by atoms with Gasteiger partial charge in [-0.2, -0.15) is 0 Å². The highest BCUT2D eigenvalue weighted by Gasteiger charge is 2.36. The van der Waals surface area contributed by atoms with E-state index in [9.17, 15) is 19.7 Å². The van der Waals surface area contributed by atoms with E-state index in [1.165, 1.54) is 25.1 Å². The summed E-state index contributed by atoms with van der Waals surface area (Å²) in [5.41, 5.74) is 1.90. The van der Waals surface area contributed by atoms with Crippen molar-refractivity contribution < 1.29 is 24.4 Å². The van der Waals surface area contributed by atoms with Crippen LogP contribution in [0.1, 0.15) is 32.3 Å². The van der Waals surface area contributed by atoms with E-state index >= 15 is 0 Å². The number of dihydropyridines is 1. The summed E-state index contributed by atoms with van der Waals surface area (Å²) in [5.74, 6) is -1.74. The largest absolute Gasteiger partial charge is 0.460 e. The Kier molecular flexibility index (Phi) is 5.89. The van der Waals surface area contributed by atoms with Crippen LogP contribution in [0.3, 0.4) is 0 Å². The number of nitro benzene ring substituents is 1. The number of Topliss-reactive ketones (excluding diaryl/α,β-unsaturated/α-hetero) is 1. The second-order valence-corrected chi connectivity index (χ2v) is 5.90. The van der Waals surface area contributed by atoms with E-state index < -0.39 is 16.8 Å². The summed E-state index contributed by atoms with van der Waals surface area (Å²) in [6.45, 7) is 4.24. The van der Waals surface area contributed by atoms with Gasteiger partial charge in [-0.1, -0.05) is 12.1 Å². The lowest BCUT2D eigenvalue weighted by molar-refractivity contribution is -0.384. The van der Waals surface area contributed by atoms with E-state index in [-0.39, 0.29) is 30.3 Å². The molecule has 2 N–H and O–H groups in total. The highest BCUT2D eigenvalue weighted by Crippen LogP contribution is 2.39. The van der Waals surface area contributed by atoms with Crippen LogP contribution >= 0.6 is 0 Å². The zero-order valence-corrected chi connectivity index (χ0v) is 14.7. The smallest absolute Gasteiger partial charge is 0.336 e. The fourth-order valence-corrected chi connectivity index (χ4v) is 3.10. The molecule has 0 fully saturated rings. The predicted octanol–water partition coefficient (Wildman–Crippen LogP) is 1.95. The van der Waals surface area contributed by atoms with Crippen molar-refractivity contribution in [2.75, 3.05) is 13.2 Å². The first-order chi connectivity index (χ1) is 12.3. The van der Waals surface area contributed by atoms with Gasteiger partial charge in [-0.15, -0.1) is 0 Å². The van der Waals surface area contributed by atoms with Crippen molar-refractivity contribution in [2.24, 2.45) is 0 Å². The zero-order chi connectivity index (χ0) is 19.4.